The maximum Gasteiger partial charge on any atom is 0.141 e. The monoisotopic (exact) mass is 356 g/mol. The highest BCUT2D eigenvalue weighted by Gasteiger charge is 2.14. The summed E-state index contributed by atoms with van der Waals surface area (Å²) >= 11 is 0. The van der Waals surface area contributed by atoms with Gasteiger partial charge in [-0.25, -0.2) is 4.98 Å². The largest absolute Gasteiger partial charge is 0.491 e. The van der Waals surface area contributed by atoms with Crippen molar-refractivity contribution in [3.05, 3.63) is 83.4 Å². The van der Waals surface area contributed by atoms with E-state index in [1.807, 2.05) is 18.2 Å². The average Bonchev–Trinajstić information content (AvgIpc) is 3.04. The minimum absolute atomic E-state index is 0.601. The number of para-hydroxylation sites is 2. The number of aromatic nitrogens is 2. The zero-order chi connectivity index (χ0) is 18.8. The van der Waals surface area contributed by atoms with Gasteiger partial charge >= 0.3 is 0 Å². The molecular formula is C24H24N2O. The van der Waals surface area contributed by atoms with Crippen LogP contribution >= 0.6 is 0 Å². The second-order valence-corrected chi connectivity index (χ2v) is 6.94. The van der Waals surface area contributed by atoms with Gasteiger partial charge in [0.1, 0.15) is 18.2 Å². The lowest BCUT2D eigenvalue weighted by molar-refractivity contribution is 0.298. The summed E-state index contributed by atoms with van der Waals surface area (Å²) in [5.41, 5.74) is 7.00. The molecular weight excluding hydrogens is 332 g/mol. The molecule has 0 aliphatic heterocycles. The Morgan fingerprint density at radius 1 is 0.815 bits per heavy atom. The van der Waals surface area contributed by atoms with E-state index in [-0.39, 0.29) is 0 Å². The number of rotatable bonds is 5. The molecule has 136 valence electrons. The highest BCUT2D eigenvalue weighted by Crippen LogP contribution is 2.27. The molecule has 4 aromatic rings. The van der Waals surface area contributed by atoms with Crippen molar-refractivity contribution in [3.63, 3.8) is 0 Å². The van der Waals surface area contributed by atoms with Gasteiger partial charge in [0.05, 0.1) is 17.6 Å². The van der Waals surface area contributed by atoms with Gasteiger partial charge in [0.2, 0.25) is 0 Å². The first-order valence-corrected chi connectivity index (χ1v) is 9.35. The van der Waals surface area contributed by atoms with Gasteiger partial charge in [-0.1, -0.05) is 48.5 Å². The number of aryl methyl sites for hydroxylation is 2. The summed E-state index contributed by atoms with van der Waals surface area (Å²) < 4.78 is 8.38. The van der Waals surface area contributed by atoms with Crippen LogP contribution in [-0.4, -0.2) is 16.2 Å². The number of imidazole rings is 1. The van der Waals surface area contributed by atoms with Gasteiger partial charge in [0.15, 0.2) is 0 Å². The molecule has 3 aromatic carbocycles. The fraction of sp³-hybridized carbons (Fsp3) is 0.208. The summed E-state index contributed by atoms with van der Waals surface area (Å²) in [6.07, 6.45) is 0. The predicted octanol–water partition coefficient (Wildman–Crippen LogP) is 5.71. The van der Waals surface area contributed by atoms with Crippen molar-refractivity contribution in [1.29, 1.82) is 0 Å². The van der Waals surface area contributed by atoms with Crippen LogP contribution < -0.4 is 4.74 Å². The molecule has 0 unspecified atom stereocenters. The summed E-state index contributed by atoms with van der Waals surface area (Å²) in [6, 6.07) is 22.9. The zero-order valence-electron chi connectivity index (χ0n) is 16.1. The minimum Gasteiger partial charge on any atom is -0.491 e. The predicted molar refractivity (Wildman–Crippen MR) is 111 cm³/mol. The van der Waals surface area contributed by atoms with Crippen molar-refractivity contribution in [2.24, 2.45) is 0 Å². The average molecular weight is 356 g/mol. The molecule has 0 radical (unpaired) electrons. The SMILES string of the molecule is Cc1ccccc1-c1nc2ccccc2n1CCOc1cccc(C)c1C. The van der Waals surface area contributed by atoms with Crippen molar-refractivity contribution < 1.29 is 4.74 Å². The fourth-order valence-corrected chi connectivity index (χ4v) is 3.46. The van der Waals surface area contributed by atoms with Crippen molar-refractivity contribution in [3.8, 4) is 17.1 Å². The van der Waals surface area contributed by atoms with E-state index in [4.69, 9.17) is 9.72 Å². The molecule has 0 spiro atoms. The van der Waals surface area contributed by atoms with E-state index in [9.17, 15) is 0 Å². The summed E-state index contributed by atoms with van der Waals surface area (Å²) in [4.78, 5) is 4.91. The van der Waals surface area contributed by atoms with Crippen molar-refractivity contribution in [1.82, 2.24) is 9.55 Å². The molecule has 0 bridgehead atoms. The van der Waals surface area contributed by atoms with E-state index >= 15 is 0 Å². The molecule has 0 atom stereocenters. The third kappa shape index (κ3) is 3.33. The van der Waals surface area contributed by atoms with E-state index < -0.39 is 0 Å². The standard InChI is InChI=1S/C24H24N2O/c1-17-10-8-14-23(19(17)3)27-16-15-26-22-13-7-6-12-21(22)25-24(26)20-11-5-4-9-18(20)2/h4-14H,15-16H2,1-3H3. The van der Waals surface area contributed by atoms with Gasteiger partial charge in [-0.3, -0.25) is 0 Å². The van der Waals surface area contributed by atoms with E-state index in [1.165, 1.54) is 22.3 Å². The molecule has 0 saturated carbocycles. The first-order chi connectivity index (χ1) is 13.1. The molecule has 3 heteroatoms. The van der Waals surface area contributed by atoms with Crippen molar-refractivity contribution in [2.45, 2.75) is 27.3 Å². The Bertz CT molecular complexity index is 1090. The van der Waals surface area contributed by atoms with Crippen LogP contribution in [0.3, 0.4) is 0 Å². The lowest BCUT2D eigenvalue weighted by Gasteiger charge is -2.14. The Balaban J connectivity index is 1.67. The van der Waals surface area contributed by atoms with Gasteiger partial charge < -0.3 is 9.30 Å². The maximum absolute atomic E-state index is 6.11. The topological polar surface area (TPSA) is 27.1 Å². The molecule has 4 rings (SSSR count). The van der Waals surface area contributed by atoms with Crippen LogP contribution in [0.15, 0.2) is 66.7 Å². The van der Waals surface area contributed by atoms with E-state index in [2.05, 4.69) is 73.9 Å². The molecule has 0 saturated heterocycles. The van der Waals surface area contributed by atoms with Crippen LogP contribution in [-0.2, 0) is 6.54 Å². The number of hydrogen-bond acceptors (Lipinski definition) is 2. The smallest absolute Gasteiger partial charge is 0.141 e. The first kappa shape index (κ1) is 17.3. The van der Waals surface area contributed by atoms with E-state index in [0.29, 0.717) is 6.61 Å². The Morgan fingerprint density at radius 2 is 1.56 bits per heavy atom. The highest BCUT2D eigenvalue weighted by atomic mass is 16.5. The lowest BCUT2D eigenvalue weighted by Crippen LogP contribution is -2.10. The Hall–Kier alpha value is -3.07. The molecule has 1 aromatic heterocycles. The number of fused-ring (bicyclic) bond motifs is 1. The number of hydrogen-bond donors (Lipinski definition) is 0. The fourth-order valence-electron chi connectivity index (χ4n) is 3.46. The molecule has 0 N–H and O–H groups in total. The van der Waals surface area contributed by atoms with E-state index in [1.54, 1.807) is 0 Å². The van der Waals surface area contributed by atoms with Crippen LogP contribution in [0.5, 0.6) is 5.75 Å². The quantitative estimate of drug-likeness (QED) is 0.458. The summed E-state index contributed by atoms with van der Waals surface area (Å²) in [7, 11) is 0. The van der Waals surface area contributed by atoms with Crippen LogP contribution in [0.25, 0.3) is 22.4 Å². The van der Waals surface area contributed by atoms with E-state index in [0.717, 1.165) is 29.2 Å². The minimum atomic E-state index is 0.601. The van der Waals surface area contributed by atoms with Crippen molar-refractivity contribution in [2.75, 3.05) is 6.61 Å². The lowest BCUT2D eigenvalue weighted by atomic mass is 10.1. The van der Waals surface area contributed by atoms with Crippen LogP contribution in [0.2, 0.25) is 0 Å². The second kappa shape index (κ2) is 7.28. The Kier molecular flexibility index (Phi) is 4.68. The Labute approximate surface area is 160 Å². The number of ether oxygens (including phenoxy) is 1. The van der Waals surface area contributed by atoms with Gasteiger partial charge in [-0.15, -0.1) is 0 Å². The van der Waals surface area contributed by atoms with Gasteiger partial charge in [-0.2, -0.15) is 0 Å². The Morgan fingerprint density at radius 3 is 2.41 bits per heavy atom. The number of benzene rings is 3. The van der Waals surface area contributed by atoms with Gasteiger partial charge in [0, 0.05) is 5.56 Å². The zero-order valence-corrected chi connectivity index (χ0v) is 16.1. The molecule has 1 heterocycles. The third-order valence-electron chi connectivity index (χ3n) is 5.17. The summed E-state index contributed by atoms with van der Waals surface area (Å²) in [5.74, 6) is 1.95. The molecule has 0 aliphatic rings. The van der Waals surface area contributed by atoms with Crippen molar-refractivity contribution >= 4 is 11.0 Å². The normalized spacial score (nSPS) is 11.1. The van der Waals surface area contributed by atoms with Crippen LogP contribution in [0.1, 0.15) is 16.7 Å². The summed E-state index contributed by atoms with van der Waals surface area (Å²) in [5, 5.41) is 0. The molecule has 0 fully saturated rings. The highest BCUT2D eigenvalue weighted by molar-refractivity contribution is 5.81. The first-order valence-electron chi connectivity index (χ1n) is 9.35. The molecule has 27 heavy (non-hydrogen) atoms. The van der Waals surface area contributed by atoms with Crippen LogP contribution in [0.4, 0.5) is 0 Å². The molecule has 0 amide bonds. The number of nitrogens with zero attached hydrogens (tertiary/aromatic N) is 2. The van der Waals surface area contributed by atoms with Gasteiger partial charge in [0.25, 0.3) is 0 Å². The molecule has 0 aliphatic carbocycles. The second-order valence-electron chi connectivity index (χ2n) is 6.94. The summed E-state index contributed by atoms with van der Waals surface area (Å²) in [6.45, 7) is 7.70. The molecule has 3 nitrogen and oxygen atoms in total. The third-order valence-corrected chi connectivity index (χ3v) is 5.17. The van der Waals surface area contributed by atoms with Crippen LogP contribution in [0, 0.1) is 20.8 Å². The maximum atomic E-state index is 6.11. The van der Waals surface area contributed by atoms with Gasteiger partial charge in [-0.05, 0) is 55.7 Å².